The largest absolute Gasteiger partial charge is 0.431 e. The number of H-pyrrole nitrogens is 1. The van der Waals surface area contributed by atoms with Crippen LogP contribution in [0.2, 0.25) is 0 Å². The fraction of sp³-hybridized carbons (Fsp3) is 0.250. The number of benzene rings is 2. The van der Waals surface area contributed by atoms with E-state index < -0.39 is 17.6 Å². The van der Waals surface area contributed by atoms with Crippen LogP contribution in [0, 0.1) is 6.92 Å². The minimum Gasteiger partial charge on any atom is -0.326 e. The molecule has 36 heavy (non-hydrogen) atoms. The Morgan fingerprint density at radius 3 is 2.22 bits per heavy atom. The number of aromatic nitrogens is 2. The van der Waals surface area contributed by atoms with E-state index in [2.05, 4.69) is 15.9 Å². The van der Waals surface area contributed by atoms with Gasteiger partial charge in [-0.2, -0.15) is 0 Å². The number of aromatic amines is 1. The second-order valence-corrected chi connectivity index (χ2v) is 8.80. The molecule has 1 aromatic heterocycles. The van der Waals surface area contributed by atoms with Gasteiger partial charge in [0.25, 0.3) is 5.91 Å². The van der Waals surface area contributed by atoms with Crippen molar-refractivity contribution in [1.82, 2.24) is 10.2 Å². The Balaban J connectivity index is 1.57. The summed E-state index contributed by atoms with van der Waals surface area (Å²) in [6, 6.07) is 12.9. The third kappa shape index (κ3) is 5.18. The van der Waals surface area contributed by atoms with Crippen molar-refractivity contribution >= 4 is 52.1 Å². The van der Waals surface area contributed by atoms with Crippen LogP contribution in [0.25, 0.3) is 0 Å². The van der Waals surface area contributed by atoms with Gasteiger partial charge in [-0.15, -0.1) is 0 Å². The molecule has 1 aliphatic heterocycles. The fourth-order valence-electron chi connectivity index (χ4n) is 3.87. The summed E-state index contributed by atoms with van der Waals surface area (Å²) < 4.78 is 6.23. The second kappa shape index (κ2) is 10.1. The van der Waals surface area contributed by atoms with E-state index in [1.807, 2.05) is 19.1 Å². The molecule has 1 unspecified atom stereocenters. The molecule has 0 spiro atoms. The molecule has 2 aromatic carbocycles. The molecule has 0 bridgehead atoms. The highest BCUT2D eigenvalue weighted by atomic mass is 32.1. The van der Waals surface area contributed by atoms with Crippen molar-refractivity contribution in [2.75, 3.05) is 15.5 Å². The molecule has 3 aromatic rings. The molecule has 1 fully saturated rings. The van der Waals surface area contributed by atoms with Gasteiger partial charge in [-0.1, -0.05) is 22.4 Å². The van der Waals surface area contributed by atoms with E-state index in [0.29, 0.717) is 17.1 Å². The summed E-state index contributed by atoms with van der Waals surface area (Å²) in [7, 11) is 1.60. The van der Waals surface area contributed by atoms with Crippen LogP contribution in [0.15, 0.2) is 57.8 Å². The van der Waals surface area contributed by atoms with Gasteiger partial charge < -0.3 is 15.5 Å². The van der Waals surface area contributed by atoms with Gasteiger partial charge in [0.2, 0.25) is 11.8 Å². The summed E-state index contributed by atoms with van der Waals surface area (Å²) in [5.41, 5.74) is 2.34. The summed E-state index contributed by atoms with van der Waals surface area (Å²) in [6.45, 7) is 3.31. The minimum atomic E-state index is -0.938. The van der Waals surface area contributed by atoms with Crippen molar-refractivity contribution in [3.8, 4) is 0 Å². The number of nitrogens with zero attached hydrogens (tertiary/aromatic N) is 3. The number of thiocarbonyl (C=S) groups is 1. The Bertz CT molecular complexity index is 1380. The lowest BCUT2D eigenvalue weighted by atomic mass is 10.1. The summed E-state index contributed by atoms with van der Waals surface area (Å²) in [5.74, 6) is -0.988. The first kappa shape index (κ1) is 24.8. The Morgan fingerprint density at radius 1 is 1.06 bits per heavy atom. The van der Waals surface area contributed by atoms with E-state index in [4.69, 9.17) is 16.7 Å². The van der Waals surface area contributed by atoms with Crippen LogP contribution < -0.4 is 25.8 Å². The normalized spacial score (nSPS) is 15.4. The van der Waals surface area contributed by atoms with Crippen LogP contribution in [0.4, 0.5) is 17.1 Å². The summed E-state index contributed by atoms with van der Waals surface area (Å²) in [4.78, 5) is 52.8. The first-order valence-corrected chi connectivity index (χ1v) is 11.5. The first-order chi connectivity index (χ1) is 17.1. The predicted octanol–water partition coefficient (Wildman–Crippen LogP) is 1.59. The van der Waals surface area contributed by atoms with Crippen molar-refractivity contribution in [1.29, 1.82) is 0 Å². The quantitative estimate of drug-likeness (QED) is 0.326. The van der Waals surface area contributed by atoms with Crippen molar-refractivity contribution in [2.45, 2.75) is 32.9 Å². The molecule has 0 aliphatic carbocycles. The molecule has 0 saturated carbocycles. The molecule has 11 nitrogen and oxygen atoms in total. The summed E-state index contributed by atoms with van der Waals surface area (Å²) >= 11 is 5.63. The smallest absolute Gasteiger partial charge is 0.326 e. The van der Waals surface area contributed by atoms with Crippen molar-refractivity contribution in [2.24, 2.45) is 7.05 Å². The average Bonchev–Trinajstić information content (AvgIpc) is 3.26. The number of amides is 3. The zero-order valence-corrected chi connectivity index (χ0v) is 20.7. The third-order valence-corrected chi connectivity index (χ3v) is 6.13. The lowest BCUT2D eigenvalue weighted by Gasteiger charge is -2.21. The average molecular weight is 510 g/mol. The van der Waals surface area contributed by atoms with E-state index in [1.54, 1.807) is 48.3 Å². The SMILES string of the molecule is CC(=O)Nc1ccc(NC(=O)CC2C(=O)N(c3ccc(C)cc3)C(=S)N2Cc2c(=O)o[nH][n+]2C)cc1. The fourth-order valence-corrected chi connectivity index (χ4v) is 4.25. The first-order valence-electron chi connectivity index (χ1n) is 11.1. The van der Waals surface area contributed by atoms with Gasteiger partial charge in [0.15, 0.2) is 12.2 Å². The Kier molecular flexibility index (Phi) is 6.97. The number of anilines is 3. The molecule has 1 aliphatic rings. The number of carbonyl (C=O) groups is 3. The van der Waals surface area contributed by atoms with Gasteiger partial charge in [-0.05, 0) is 60.8 Å². The molecule has 2 heterocycles. The molecule has 0 radical (unpaired) electrons. The van der Waals surface area contributed by atoms with Crippen LogP contribution in [0.5, 0.6) is 0 Å². The predicted molar refractivity (Wildman–Crippen MR) is 135 cm³/mol. The Hall–Kier alpha value is -4.32. The molecule has 12 heteroatoms. The molecular weight excluding hydrogens is 484 g/mol. The zero-order valence-electron chi connectivity index (χ0n) is 19.9. The lowest BCUT2D eigenvalue weighted by Crippen LogP contribution is -2.44. The number of rotatable bonds is 7. The van der Waals surface area contributed by atoms with E-state index >= 15 is 0 Å². The van der Waals surface area contributed by atoms with Crippen LogP contribution in [-0.2, 0) is 28.0 Å². The van der Waals surface area contributed by atoms with E-state index in [0.717, 1.165) is 5.56 Å². The Morgan fingerprint density at radius 2 is 1.67 bits per heavy atom. The monoisotopic (exact) mass is 509 g/mol. The maximum atomic E-state index is 13.5. The lowest BCUT2D eigenvalue weighted by molar-refractivity contribution is -0.746. The minimum absolute atomic E-state index is 0.0291. The third-order valence-electron chi connectivity index (χ3n) is 5.71. The van der Waals surface area contributed by atoms with Crippen LogP contribution in [-0.4, -0.2) is 39.0 Å². The molecular formula is C24H25N6O5S+. The van der Waals surface area contributed by atoms with E-state index in [1.165, 1.54) is 16.5 Å². The molecule has 1 saturated heterocycles. The van der Waals surface area contributed by atoms with Crippen molar-refractivity contribution in [3.63, 3.8) is 0 Å². The van der Waals surface area contributed by atoms with Crippen LogP contribution in [0.1, 0.15) is 24.6 Å². The van der Waals surface area contributed by atoms with E-state index in [9.17, 15) is 19.2 Å². The van der Waals surface area contributed by atoms with Gasteiger partial charge in [0, 0.05) is 18.3 Å². The van der Waals surface area contributed by atoms with E-state index in [-0.39, 0.29) is 35.6 Å². The number of aryl methyl sites for hydroxylation is 2. The van der Waals surface area contributed by atoms with Crippen LogP contribution in [0.3, 0.4) is 0 Å². The highest BCUT2D eigenvalue weighted by Gasteiger charge is 2.45. The molecule has 186 valence electrons. The number of nitrogens with one attached hydrogen (secondary N) is 3. The molecule has 4 rings (SSSR count). The Labute approximate surface area is 211 Å². The molecule has 3 amide bonds. The van der Waals surface area contributed by atoms with Gasteiger partial charge in [0.05, 0.1) is 12.1 Å². The number of carbonyl (C=O) groups excluding carboxylic acids is 3. The highest BCUT2D eigenvalue weighted by molar-refractivity contribution is 7.80. The topological polar surface area (TPSA) is 132 Å². The van der Waals surface area contributed by atoms with Gasteiger partial charge in [0.1, 0.15) is 12.6 Å². The number of hydrogen-bond donors (Lipinski definition) is 3. The summed E-state index contributed by atoms with van der Waals surface area (Å²) in [5, 5.41) is 8.05. The maximum Gasteiger partial charge on any atom is 0.431 e. The van der Waals surface area contributed by atoms with Crippen molar-refractivity contribution < 1.29 is 23.6 Å². The van der Waals surface area contributed by atoms with Crippen molar-refractivity contribution in [3.05, 3.63) is 70.2 Å². The second-order valence-electron chi connectivity index (χ2n) is 8.43. The number of hydrogen-bond acceptors (Lipinski definition) is 6. The van der Waals surface area contributed by atoms with Crippen LogP contribution >= 0.6 is 12.2 Å². The molecule has 3 N–H and O–H groups in total. The standard InChI is InChI=1S/C24H24N6O5S/c1-14-4-10-18(11-5-14)30-22(33)19(29(24(30)36)13-20-23(34)35-27-28(20)3)12-21(32)26-17-8-6-16(7-9-17)25-15(2)31/h4-11,19,27,34H,12-13H2,1-3H3/p+1. The molecule has 1 atom stereocenters. The van der Waals surface area contributed by atoms with Gasteiger partial charge in [-0.25, -0.2) is 4.79 Å². The summed E-state index contributed by atoms with van der Waals surface area (Å²) in [6.07, 6.45) is -0.200. The van der Waals surface area contributed by atoms with Gasteiger partial charge in [-0.3, -0.25) is 23.8 Å². The maximum absolute atomic E-state index is 13.5. The highest BCUT2D eigenvalue weighted by Crippen LogP contribution is 2.28. The van der Waals surface area contributed by atoms with Gasteiger partial charge >= 0.3 is 11.3 Å². The zero-order chi connectivity index (χ0) is 26.0.